The molecule has 0 radical (unpaired) electrons. The highest BCUT2D eigenvalue weighted by Crippen LogP contribution is 2.24. The van der Waals surface area contributed by atoms with E-state index in [1.807, 2.05) is 28.7 Å². The summed E-state index contributed by atoms with van der Waals surface area (Å²) in [6.45, 7) is 0. The van der Waals surface area contributed by atoms with Gasteiger partial charge in [0, 0.05) is 8.04 Å². The average molecular weight is 352 g/mol. The zero-order valence-electron chi connectivity index (χ0n) is 6.21. The van der Waals surface area contributed by atoms with Crippen molar-refractivity contribution in [3.05, 3.63) is 31.3 Å². The number of rotatable bonds is 1. The van der Waals surface area contributed by atoms with E-state index >= 15 is 0 Å². The molecule has 1 rings (SSSR count). The van der Waals surface area contributed by atoms with Gasteiger partial charge in [-0.15, -0.1) is 0 Å². The Labute approximate surface area is 96.6 Å². The number of carbonyl (C=O) groups is 1. The van der Waals surface area contributed by atoms with E-state index in [1.165, 1.54) is 12.1 Å². The van der Waals surface area contributed by atoms with Crippen molar-refractivity contribution in [3.63, 3.8) is 0 Å². The fourth-order valence-electron chi connectivity index (χ4n) is 0.794. The number of halogens is 2. The van der Waals surface area contributed by atoms with E-state index in [9.17, 15) is 4.79 Å². The molecule has 1 N–H and O–H groups in total. The van der Waals surface area contributed by atoms with Crippen LogP contribution in [0.4, 0.5) is 0 Å². The van der Waals surface area contributed by atoms with Crippen molar-refractivity contribution >= 4 is 44.5 Å². The molecule has 0 heterocycles. The van der Waals surface area contributed by atoms with Crippen LogP contribution in [0.15, 0.2) is 16.6 Å². The Morgan fingerprint density at radius 1 is 1.62 bits per heavy atom. The lowest BCUT2D eigenvalue weighted by Gasteiger charge is -2.00. The standard InChI is InChI=1S/C8H3BrINO2/c9-6-2-4(8(12)13)1-5(3-11)7(6)10/h1-2H,(H,12,13). The summed E-state index contributed by atoms with van der Waals surface area (Å²) in [5.74, 6) is -1.03. The predicted molar refractivity (Wildman–Crippen MR) is 58.5 cm³/mol. The fourth-order valence-corrected chi connectivity index (χ4v) is 1.69. The molecule has 3 nitrogen and oxygen atoms in total. The predicted octanol–water partition coefficient (Wildman–Crippen LogP) is 2.62. The maximum Gasteiger partial charge on any atom is 0.335 e. The Morgan fingerprint density at radius 3 is 2.69 bits per heavy atom. The number of aromatic carboxylic acids is 1. The van der Waals surface area contributed by atoms with E-state index in [0.717, 1.165) is 3.57 Å². The smallest absolute Gasteiger partial charge is 0.335 e. The van der Waals surface area contributed by atoms with Crippen LogP contribution in [0.5, 0.6) is 0 Å². The molecule has 0 amide bonds. The average Bonchev–Trinajstić information content (AvgIpc) is 2.09. The zero-order chi connectivity index (χ0) is 10.0. The van der Waals surface area contributed by atoms with Crippen molar-refractivity contribution in [2.45, 2.75) is 0 Å². The lowest BCUT2D eigenvalue weighted by atomic mass is 10.1. The minimum atomic E-state index is -1.03. The Balaban J connectivity index is 3.41. The third-order valence-corrected chi connectivity index (χ3v) is 3.92. The lowest BCUT2D eigenvalue weighted by molar-refractivity contribution is 0.0696. The largest absolute Gasteiger partial charge is 0.478 e. The van der Waals surface area contributed by atoms with Crippen molar-refractivity contribution in [1.82, 2.24) is 0 Å². The minimum absolute atomic E-state index is 0.115. The van der Waals surface area contributed by atoms with Crippen molar-refractivity contribution in [3.8, 4) is 6.07 Å². The summed E-state index contributed by atoms with van der Waals surface area (Å²) >= 11 is 5.17. The van der Waals surface area contributed by atoms with Gasteiger partial charge in [-0.2, -0.15) is 5.26 Å². The molecule has 1 aromatic carbocycles. The van der Waals surface area contributed by atoms with Gasteiger partial charge < -0.3 is 5.11 Å². The van der Waals surface area contributed by atoms with E-state index in [2.05, 4.69) is 15.9 Å². The van der Waals surface area contributed by atoms with Crippen LogP contribution in [-0.4, -0.2) is 11.1 Å². The van der Waals surface area contributed by atoms with Crippen molar-refractivity contribution < 1.29 is 9.90 Å². The molecular weight excluding hydrogens is 349 g/mol. The van der Waals surface area contributed by atoms with Gasteiger partial charge in [0.25, 0.3) is 0 Å². The zero-order valence-corrected chi connectivity index (χ0v) is 9.96. The molecule has 0 saturated carbocycles. The number of carboxylic acids is 1. The third-order valence-electron chi connectivity index (χ3n) is 1.40. The van der Waals surface area contributed by atoms with Crippen LogP contribution in [0.2, 0.25) is 0 Å². The molecule has 0 aromatic heterocycles. The van der Waals surface area contributed by atoms with Gasteiger partial charge in [-0.25, -0.2) is 4.79 Å². The topological polar surface area (TPSA) is 61.1 Å². The highest BCUT2D eigenvalue weighted by Gasteiger charge is 2.10. The molecule has 0 atom stereocenters. The number of nitrogens with zero attached hydrogens (tertiary/aromatic N) is 1. The molecule has 1 aromatic rings. The quantitative estimate of drug-likeness (QED) is 0.791. The van der Waals surface area contributed by atoms with Gasteiger partial charge in [0.1, 0.15) is 6.07 Å². The van der Waals surface area contributed by atoms with Gasteiger partial charge in [-0.1, -0.05) is 0 Å². The summed E-state index contributed by atoms with van der Waals surface area (Å²) in [4.78, 5) is 10.6. The first-order chi connectivity index (χ1) is 6.06. The number of hydrogen-bond donors (Lipinski definition) is 1. The van der Waals surface area contributed by atoms with E-state index in [0.29, 0.717) is 10.0 Å². The Morgan fingerprint density at radius 2 is 2.23 bits per heavy atom. The van der Waals surface area contributed by atoms with Crippen LogP contribution >= 0.6 is 38.5 Å². The first kappa shape index (κ1) is 10.5. The van der Waals surface area contributed by atoms with Crippen LogP contribution in [0, 0.1) is 14.9 Å². The fraction of sp³-hybridized carbons (Fsp3) is 0. The van der Waals surface area contributed by atoms with Crippen LogP contribution in [0.3, 0.4) is 0 Å². The van der Waals surface area contributed by atoms with Crippen LogP contribution in [-0.2, 0) is 0 Å². The highest BCUT2D eigenvalue weighted by atomic mass is 127. The molecular formula is C8H3BrINO2. The van der Waals surface area contributed by atoms with Gasteiger partial charge in [-0.3, -0.25) is 0 Å². The second kappa shape index (κ2) is 4.07. The number of nitriles is 1. The molecule has 5 heteroatoms. The maximum atomic E-state index is 10.6. The second-order valence-electron chi connectivity index (χ2n) is 2.24. The van der Waals surface area contributed by atoms with Crippen LogP contribution in [0.1, 0.15) is 15.9 Å². The van der Waals surface area contributed by atoms with Crippen LogP contribution in [0.25, 0.3) is 0 Å². The van der Waals surface area contributed by atoms with E-state index < -0.39 is 5.97 Å². The van der Waals surface area contributed by atoms with Gasteiger partial charge in [0.05, 0.1) is 11.1 Å². The van der Waals surface area contributed by atoms with Gasteiger partial charge in [0.2, 0.25) is 0 Å². The minimum Gasteiger partial charge on any atom is -0.478 e. The van der Waals surface area contributed by atoms with E-state index in [1.54, 1.807) is 0 Å². The van der Waals surface area contributed by atoms with Crippen molar-refractivity contribution in [1.29, 1.82) is 5.26 Å². The molecule has 0 fully saturated rings. The van der Waals surface area contributed by atoms with E-state index in [4.69, 9.17) is 10.4 Å². The molecule has 0 aliphatic carbocycles. The molecule has 13 heavy (non-hydrogen) atoms. The third kappa shape index (κ3) is 2.19. The summed E-state index contributed by atoms with van der Waals surface area (Å²) in [7, 11) is 0. The van der Waals surface area contributed by atoms with E-state index in [-0.39, 0.29) is 5.56 Å². The Bertz CT molecular complexity index is 411. The number of hydrogen-bond acceptors (Lipinski definition) is 2. The molecule has 0 spiro atoms. The first-order valence-electron chi connectivity index (χ1n) is 3.18. The molecule has 0 aliphatic rings. The lowest BCUT2D eigenvalue weighted by Crippen LogP contribution is -1.98. The Kier molecular flexibility index (Phi) is 3.27. The first-order valence-corrected chi connectivity index (χ1v) is 5.06. The normalized spacial score (nSPS) is 9.31. The number of carboxylic acid groups (broad SMARTS) is 1. The summed E-state index contributed by atoms with van der Waals surface area (Å²) in [5.41, 5.74) is 0.483. The molecule has 0 bridgehead atoms. The summed E-state index contributed by atoms with van der Waals surface area (Å²) < 4.78 is 1.36. The second-order valence-corrected chi connectivity index (χ2v) is 4.17. The molecule has 66 valence electrons. The summed E-state index contributed by atoms with van der Waals surface area (Å²) in [6.07, 6.45) is 0. The monoisotopic (exact) mass is 351 g/mol. The highest BCUT2D eigenvalue weighted by molar-refractivity contribution is 14.1. The van der Waals surface area contributed by atoms with Gasteiger partial charge in [0.15, 0.2) is 0 Å². The summed E-state index contributed by atoms with van der Waals surface area (Å²) in [6, 6.07) is 4.76. The number of benzene rings is 1. The van der Waals surface area contributed by atoms with Gasteiger partial charge >= 0.3 is 5.97 Å². The SMILES string of the molecule is N#Cc1cc(C(=O)O)cc(Br)c1I. The Hall–Kier alpha value is -0.610. The maximum absolute atomic E-state index is 10.6. The summed E-state index contributed by atoms with van der Waals surface area (Å²) in [5, 5.41) is 17.4. The van der Waals surface area contributed by atoms with Crippen molar-refractivity contribution in [2.75, 3.05) is 0 Å². The van der Waals surface area contributed by atoms with Crippen molar-refractivity contribution in [2.24, 2.45) is 0 Å². The molecule has 0 saturated heterocycles. The van der Waals surface area contributed by atoms with Crippen LogP contribution < -0.4 is 0 Å². The molecule has 0 unspecified atom stereocenters. The van der Waals surface area contributed by atoms with Gasteiger partial charge in [-0.05, 0) is 50.7 Å². The molecule has 0 aliphatic heterocycles.